The molecule has 3 nitrogen and oxygen atoms in total. The molecular weight excluding hydrogens is 837 g/mol. The number of fused-ring (bicyclic) bond motifs is 6. The molecule has 0 radical (unpaired) electrons. The summed E-state index contributed by atoms with van der Waals surface area (Å²) in [5, 5.41) is 4.82. The van der Waals surface area contributed by atoms with Crippen LogP contribution >= 0.6 is 0 Å². The van der Waals surface area contributed by atoms with Crippen LogP contribution in [0.1, 0.15) is 0 Å². The average molecular weight is 881 g/mol. The van der Waals surface area contributed by atoms with Gasteiger partial charge in [0.2, 0.25) is 0 Å². The lowest BCUT2D eigenvalue weighted by atomic mass is 9.96. The first-order chi connectivity index (χ1) is 34.2. The first-order valence-electron chi connectivity index (χ1n) is 23.6. The van der Waals surface area contributed by atoms with Crippen LogP contribution in [0.3, 0.4) is 0 Å². The van der Waals surface area contributed by atoms with E-state index < -0.39 is 0 Å². The van der Waals surface area contributed by atoms with Gasteiger partial charge >= 0.3 is 0 Å². The molecule has 2 heterocycles. The smallest absolute Gasteiger partial charge is 0.136 e. The first kappa shape index (κ1) is 40.1. The van der Waals surface area contributed by atoms with Crippen molar-refractivity contribution in [1.29, 1.82) is 0 Å². The quantitative estimate of drug-likeness (QED) is 0.144. The van der Waals surface area contributed by atoms with Crippen LogP contribution in [0.5, 0.6) is 0 Å². The average Bonchev–Trinajstić information content (AvgIpc) is 3.98. The maximum Gasteiger partial charge on any atom is 0.136 e. The van der Waals surface area contributed by atoms with Gasteiger partial charge in [0.05, 0.1) is 11.0 Å². The molecule has 0 fully saturated rings. The summed E-state index contributed by atoms with van der Waals surface area (Å²) in [6.07, 6.45) is 0. The number of para-hydroxylation sites is 3. The summed E-state index contributed by atoms with van der Waals surface area (Å²) in [5.74, 6) is 0. The molecule has 13 rings (SSSR count). The van der Waals surface area contributed by atoms with Crippen molar-refractivity contribution < 1.29 is 4.42 Å². The molecule has 0 unspecified atom stereocenters. The lowest BCUT2D eigenvalue weighted by Gasteiger charge is -2.26. The molecule has 0 aliphatic rings. The summed E-state index contributed by atoms with van der Waals surface area (Å²) in [6.45, 7) is 0. The number of aromatic nitrogens is 1. The minimum absolute atomic E-state index is 0.903. The number of benzene rings is 11. The highest BCUT2D eigenvalue weighted by molar-refractivity contribution is 6.12. The van der Waals surface area contributed by atoms with E-state index >= 15 is 0 Å². The molecule has 0 atom stereocenters. The third kappa shape index (κ3) is 7.25. The van der Waals surface area contributed by atoms with Crippen LogP contribution in [0.2, 0.25) is 0 Å². The normalized spacial score (nSPS) is 11.5. The number of hydrogen-bond donors (Lipinski definition) is 0. The van der Waals surface area contributed by atoms with Gasteiger partial charge in [-0.05, 0) is 134 Å². The SMILES string of the molecule is c1ccc(-c2ccc(N(c3ccc(-c4ccc(-c5cccc(-n6c7ccccc7c7ccccc76)c5)cc4)cc3)c3ccc(-c4cccc(-c5cccc6oc7ccccc7c56)c4)cc3)cc2)cc1. The zero-order valence-electron chi connectivity index (χ0n) is 37.7. The highest BCUT2D eigenvalue weighted by Gasteiger charge is 2.17. The molecule has 0 saturated heterocycles. The van der Waals surface area contributed by atoms with Gasteiger partial charge in [-0.15, -0.1) is 0 Å². The summed E-state index contributed by atoms with van der Waals surface area (Å²) in [5.41, 5.74) is 20.4. The van der Waals surface area contributed by atoms with E-state index in [1.807, 2.05) is 12.1 Å². The van der Waals surface area contributed by atoms with Crippen LogP contribution < -0.4 is 4.90 Å². The van der Waals surface area contributed by atoms with Crippen molar-refractivity contribution in [1.82, 2.24) is 4.57 Å². The summed E-state index contributed by atoms with van der Waals surface area (Å²) in [7, 11) is 0. The number of hydrogen-bond acceptors (Lipinski definition) is 2. The zero-order chi connectivity index (χ0) is 45.7. The van der Waals surface area contributed by atoms with Gasteiger partial charge in [-0.25, -0.2) is 0 Å². The molecule has 0 N–H and O–H groups in total. The predicted molar refractivity (Wildman–Crippen MR) is 290 cm³/mol. The van der Waals surface area contributed by atoms with Crippen LogP contribution in [0.25, 0.3) is 105 Å². The summed E-state index contributed by atoms with van der Waals surface area (Å²) < 4.78 is 8.62. The van der Waals surface area contributed by atoms with Crippen LogP contribution in [-0.4, -0.2) is 4.57 Å². The van der Waals surface area contributed by atoms with Crippen LogP contribution in [0, 0.1) is 0 Å². The summed E-state index contributed by atoms with van der Waals surface area (Å²) >= 11 is 0. The molecule has 3 heteroatoms. The molecular formula is C66H44N2O. The lowest BCUT2D eigenvalue weighted by Crippen LogP contribution is -2.09. The van der Waals surface area contributed by atoms with Gasteiger partial charge in [-0.3, -0.25) is 0 Å². The molecule has 0 bridgehead atoms. The van der Waals surface area contributed by atoms with Crippen molar-refractivity contribution in [3.8, 4) is 61.3 Å². The molecule has 69 heavy (non-hydrogen) atoms. The topological polar surface area (TPSA) is 21.3 Å². The van der Waals surface area contributed by atoms with Gasteiger partial charge in [0.1, 0.15) is 11.2 Å². The van der Waals surface area contributed by atoms with E-state index in [-0.39, 0.29) is 0 Å². The van der Waals surface area contributed by atoms with Crippen molar-refractivity contribution in [2.45, 2.75) is 0 Å². The Morgan fingerprint density at radius 3 is 1.28 bits per heavy atom. The Labute approximate surface area is 401 Å². The monoisotopic (exact) mass is 880 g/mol. The maximum atomic E-state index is 6.24. The molecule has 324 valence electrons. The maximum absolute atomic E-state index is 6.24. The predicted octanol–water partition coefficient (Wildman–Crippen LogP) is 18.5. The van der Waals surface area contributed by atoms with E-state index in [9.17, 15) is 0 Å². The van der Waals surface area contributed by atoms with Gasteiger partial charge in [0.25, 0.3) is 0 Å². The Kier molecular flexibility index (Phi) is 9.84. The third-order valence-electron chi connectivity index (χ3n) is 13.6. The number of nitrogens with zero attached hydrogens (tertiary/aromatic N) is 2. The highest BCUT2D eigenvalue weighted by atomic mass is 16.3. The fourth-order valence-corrected chi connectivity index (χ4v) is 10.2. The van der Waals surface area contributed by atoms with Crippen molar-refractivity contribution in [2.24, 2.45) is 0 Å². The standard InChI is InChI=1S/C66H44N2O/c1-2-13-45(14-3-1)47-31-37-54(38-32-47)67(56-41-35-50(36-42-56)51-15-10-17-53(43-51)58-22-12-26-65-66(58)61-21-6-9-25-64(61)69-65)55-39-33-48(34-40-55)46-27-29-49(30-28-46)52-16-11-18-57(44-52)68-62-23-7-4-19-59(62)60-20-5-8-24-63(60)68/h1-44H. The van der Waals surface area contributed by atoms with E-state index in [0.29, 0.717) is 0 Å². The summed E-state index contributed by atoms with van der Waals surface area (Å²) in [4.78, 5) is 2.34. The molecule has 0 aliphatic heterocycles. The van der Waals surface area contributed by atoms with Crippen molar-refractivity contribution in [3.05, 3.63) is 267 Å². The van der Waals surface area contributed by atoms with Crippen molar-refractivity contribution in [3.63, 3.8) is 0 Å². The number of rotatable bonds is 9. The highest BCUT2D eigenvalue weighted by Crippen LogP contribution is 2.41. The Morgan fingerprint density at radius 2 is 0.681 bits per heavy atom. The largest absolute Gasteiger partial charge is 0.456 e. The van der Waals surface area contributed by atoms with E-state index in [1.165, 1.54) is 55.2 Å². The van der Waals surface area contributed by atoms with Gasteiger partial charge in [-0.1, -0.05) is 188 Å². The van der Waals surface area contributed by atoms with Crippen LogP contribution in [0.15, 0.2) is 271 Å². The minimum Gasteiger partial charge on any atom is -0.456 e. The molecule has 0 saturated carbocycles. The van der Waals surface area contributed by atoms with Crippen molar-refractivity contribution >= 4 is 60.8 Å². The van der Waals surface area contributed by atoms with Gasteiger partial charge < -0.3 is 13.9 Å². The fraction of sp³-hybridized carbons (Fsp3) is 0. The molecule has 0 spiro atoms. The van der Waals surface area contributed by atoms with Gasteiger partial charge in [-0.2, -0.15) is 0 Å². The number of anilines is 3. The summed E-state index contributed by atoms with van der Waals surface area (Å²) in [6, 6.07) is 96.0. The fourth-order valence-electron chi connectivity index (χ4n) is 10.2. The molecule has 0 aliphatic carbocycles. The van der Waals surface area contributed by atoms with E-state index in [0.717, 1.165) is 66.9 Å². The lowest BCUT2D eigenvalue weighted by molar-refractivity contribution is 0.669. The Hall–Kier alpha value is -9.18. The Balaban J connectivity index is 0.809. The third-order valence-corrected chi connectivity index (χ3v) is 13.6. The van der Waals surface area contributed by atoms with E-state index in [2.05, 4.69) is 264 Å². The van der Waals surface area contributed by atoms with Crippen LogP contribution in [0.4, 0.5) is 17.1 Å². The first-order valence-corrected chi connectivity index (χ1v) is 23.6. The molecule has 13 aromatic rings. The van der Waals surface area contributed by atoms with E-state index in [1.54, 1.807) is 0 Å². The minimum atomic E-state index is 0.903. The molecule has 2 aromatic heterocycles. The van der Waals surface area contributed by atoms with E-state index in [4.69, 9.17) is 4.42 Å². The van der Waals surface area contributed by atoms with Gasteiger partial charge in [0, 0.05) is 44.3 Å². The van der Waals surface area contributed by atoms with Crippen LogP contribution in [-0.2, 0) is 0 Å². The number of furan rings is 1. The zero-order valence-corrected chi connectivity index (χ0v) is 37.7. The van der Waals surface area contributed by atoms with Gasteiger partial charge in [0.15, 0.2) is 0 Å². The Morgan fingerprint density at radius 1 is 0.275 bits per heavy atom. The second kappa shape index (κ2) is 16.9. The van der Waals surface area contributed by atoms with Crippen molar-refractivity contribution in [2.75, 3.05) is 4.90 Å². The second-order valence-corrected chi connectivity index (χ2v) is 17.7. The molecule has 11 aromatic carbocycles. The second-order valence-electron chi connectivity index (χ2n) is 17.7. The Bertz CT molecular complexity index is 3920. The molecule has 0 amide bonds.